The largest absolute Gasteiger partial charge is 0.481 e. The summed E-state index contributed by atoms with van der Waals surface area (Å²) in [5, 5.41) is 9.32. The minimum Gasteiger partial charge on any atom is -0.481 e. The maximum absolute atomic E-state index is 11.3. The molecule has 1 N–H and O–H groups in total. The number of methoxy groups -OCH3 is 2. The van der Waals surface area contributed by atoms with Crippen molar-refractivity contribution in [1.29, 1.82) is 0 Å². The number of rotatable bonds is 5. The predicted molar refractivity (Wildman–Crippen MR) is 70.2 cm³/mol. The van der Waals surface area contributed by atoms with Gasteiger partial charge in [-0.25, -0.2) is 4.99 Å². The van der Waals surface area contributed by atoms with Crippen molar-refractivity contribution in [3.05, 3.63) is 23.4 Å². The van der Waals surface area contributed by atoms with Gasteiger partial charge in [-0.3, -0.25) is 4.79 Å². The summed E-state index contributed by atoms with van der Waals surface area (Å²) >= 11 is 0. The van der Waals surface area contributed by atoms with Crippen LogP contribution in [0.4, 0.5) is 0 Å². The highest BCUT2D eigenvalue weighted by Gasteiger charge is 2.14. The minimum atomic E-state index is -0.469. The second-order valence-corrected chi connectivity index (χ2v) is 3.71. The molecule has 18 heavy (non-hydrogen) atoms. The lowest BCUT2D eigenvalue weighted by atomic mass is 10.1. The lowest BCUT2D eigenvalue weighted by Crippen LogP contribution is -2.15. The fourth-order valence-electron chi connectivity index (χ4n) is 1.22. The van der Waals surface area contributed by atoms with Gasteiger partial charge in [-0.1, -0.05) is 12.2 Å². The second kappa shape index (κ2) is 8.47. The van der Waals surface area contributed by atoms with Crippen LogP contribution in [-0.2, 0) is 14.3 Å². The van der Waals surface area contributed by atoms with Gasteiger partial charge in [0, 0.05) is 11.3 Å². The van der Waals surface area contributed by atoms with Gasteiger partial charge >= 0.3 is 5.97 Å². The lowest BCUT2D eigenvalue weighted by molar-refractivity contribution is -0.143. The molecular weight excluding hydrogens is 234 g/mol. The van der Waals surface area contributed by atoms with Crippen molar-refractivity contribution in [3.63, 3.8) is 0 Å². The molecule has 0 aliphatic carbocycles. The van der Waals surface area contributed by atoms with Crippen LogP contribution in [0.15, 0.2) is 28.4 Å². The van der Waals surface area contributed by atoms with E-state index >= 15 is 0 Å². The normalized spacial score (nSPS) is 15.3. The molecule has 0 aromatic carbocycles. The van der Waals surface area contributed by atoms with E-state index in [9.17, 15) is 9.90 Å². The van der Waals surface area contributed by atoms with Gasteiger partial charge < -0.3 is 14.6 Å². The molecule has 5 nitrogen and oxygen atoms in total. The molecular formula is C13H21NO4. The smallest absolute Gasteiger partial charge is 0.312 e. The Balaban J connectivity index is 5.21. The first kappa shape index (κ1) is 16.4. The van der Waals surface area contributed by atoms with E-state index in [1.807, 2.05) is 19.9 Å². The van der Waals surface area contributed by atoms with Crippen molar-refractivity contribution in [2.24, 2.45) is 10.9 Å². The highest BCUT2D eigenvalue weighted by molar-refractivity contribution is 5.95. The summed E-state index contributed by atoms with van der Waals surface area (Å²) in [5.74, 6) is -0.550. The quantitative estimate of drug-likeness (QED) is 0.461. The second-order valence-electron chi connectivity index (χ2n) is 3.71. The summed E-state index contributed by atoms with van der Waals surface area (Å²) in [5.41, 5.74) is 1.22. The monoisotopic (exact) mass is 255 g/mol. The van der Waals surface area contributed by atoms with Crippen LogP contribution in [0.1, 0.15) is 20.8 Å². The third-order valence-electron chi connectivity index (χ3n) is 2.36. The first-order chi connectivity index (χ1) is 8.49. The maximum atomic E-state index is 11.3. The molecule has 0 aliphatic rings. The number of hydrogen-bond donors (Lipinski definition) is 1. The minimum absolute atomic E-state index is 0.259. The summed E-state index contributed by atoms with van der Waals surface area (Å²) < 4.78 is 9.73. The molecule has 0 heterocycles. The Morgan fingerprint density at radius 1 is 1.39 bits per heavy atom. The number of aliphatic hydroxyl groups excluding tert-OH is 1. The Bertz CT molecular complexity index is 369. The van der Waals surface area contributed by atoms with Crippen molar-refractivity contribution in [1.82, 2.24) is 0 Å². The van der Waals surface area contributed by atoms with E-state index < -0.39 is 5.92 Å². The summed E-state index contributed by atoms with van der Waals surface area (Å²) in [7, 11) is 2.79. The van der Waals surface area contributed by atoms with E-state index in [4.69, 9.17) is 4.74 Å². The van der Waals surface area contributed by atoms with Crippen LogP contribution in [0.3, 0.4) is 0 Å². The zero-order valence-corrected chi connectivity index (χ0v) is 11.6. The van der Waals surface area contributed by atoms with Gasteiger partial charge in [0.05, 0.1) is 26.7 Å². The van der Waals surface area contributed by atoms with Gasteiger partial charge in [0.2, 0.25) is 5.90 Å². The van der Waals surface area contributed by atoms with Crippen molar-refractivity contribution in [2.45, 2.75) is 20.8 Å². The van der Waals surface area contributed by atoms with E-state index in [2.05, 4.69) is 9.73 Å². The first-order valence-electron chi connectivity index (χ1n) is 5.65. The van der Waals surface area contributed by atoms with Crippen molar-refractivity contribution in [3.8, 4) is 0 Å². The molecule has 5 heteroatoms. The van der Waals surface area contributed by atoms with Crippen LogP contribution in [0.25, 0.3) is 0 Å². The number of hydrogen-bond acceptors (Lipinski definition) is 5. The molecule has 0 fully saturated rings. The Kier molecular flexibility index (Phi) is 7.71. The van der Waals surface area contributed by atoms with E-state index in [0.29, 0.717) is 11.5 Å². The number of allylic oxidation sites excluding steroid dienone is 2. The number of aliphatic imine (C=N–C) groups is 1. The molecule has 0 spiro atoms. The number of esters is 1. The van der Waals surface area contributed by atoms with Crippen LogP contribution in [0, 0.1) is 5.92 Å². The zero-order chi connectivity index (χ0) is 14.1. The molecule has 0 saturated heterocycles. The summed E-state index contributed by atoms with van der Waals surface area (Å²) in [6.07, 6.45) is 3.40. The standard InChI is InChI=1S/C13H21NO4/c1-6-10(3)14-12(17-4)11(8-15)7-9(2)13(16)18-5/h6-7,9,15H,8H2,1-5H3/b10-6-,11-7?,14-12?. The van der Waals surface area contributed by atoms with Crippen LogP contribution < -0.4 is 0 Å². The summed E-state index contributed by atoms with van der Waals surface area (Å²) in [6, 6.07) is 0. The molecule has 0 bridgehead atoms. The highest BCUT2D eigenvalue weighted by Crippen LogP contribution is 2.09. The third kappa shape index (κ3) is 5.14. The first-order valence-corrected chi connectivity index (χ1v) is 5.65. The summed E-state index contributed by atoms with van der Waals surface area (Å²) in [4.78, 5) is 15.5. The number of nitrogens with zero attached hydrogens (tertiary/aromatic N) is 1. The van der Waals surface area contributed by atoms with Gasteiger partial charge in [-0.05, 0) is 20.8 Å². The van der Waals surface area contributed by atoms with Gasteiger partial charge in [0.1, 0.15) is 0 Å². The number of carbonyl (C=O) groups is 1. The molecule has 0 aromatic rings. The SMILES string of the molecule is C/C=C(/C)N=C(OC)C(=CC(C)C(=O)OC)CO. The fourth-order valence-corrected chi connectivity index (χ4v) is 1.22. The van der Waals surface area contributed by atoms with Gasteiger partial charge in [0.25, 0.3) is 0 Å². The summed E-state index contributed by atoms with van der Waals surface area (Å²) in [6.45, 7) is 5.09. The van der Waals surface area contributed by atoms with Crippen molar-refractivity contribution < 1.29 is 19.4 Å². The average Bonchev–Trinajstić information content (AvgIpc) is 2.40. The molecule has 0 amide bonds. The molecule has 1 atom stereocenters. The molecule has 102 valence electrons. The zero-order valence-electron chi connectivity index (χ0n) is 11.6. The Morgan fingerprint density at radius 2 is 2.00 bits per heavy atom. The number of carbonyl (C=O) groups excluding carboxylic acids is 1. The van der Waals surface area contributed by atoms with Crippen LogP contribution in [0.5, 0.6) is 0 Å². The van der Waals surface area contributed by atoms with Gasteiger partial charge in [-0.2, -0.15) is 0 Å². The molecule has 0 aromatic heterocycles. The van der Waals surface area contributed by atoms with Crippen LogP contribution in [0.2, 0.25) is 0 Å². The lowest BCUT2D eigenvalue weighted by Gasteiger charge is -2.10. The Morgan fingerprint density at radius 3 is 2.39 bits per heavy atom. The predicted octanol–water partition coefficient (Wildman–Crippen LogP) is 1.68. The van der Waals surface area contributed by atoms with Crippen LogP contribution in [-0.4, -0.2) is 37.8 Å². The van der Waals surface area contributed by atoms with E-state index in [0.717, 1.165) is 5.70 Å². The van der Waals surface area contributed by atoms with Crippen molar-refractivity contribution >= 4 is 11.9 Å². The number of ether oxygens (including phenoxy) is 2. The Labute approximate surface area is 108 Å². The topological polar surface area (TPSA) is 68.1 Å². The van der Waals surface area contributed by atoms with Crippen LogP contribution >= 0.6 is 0 Å². The molecule has 0 rings (SSSR count). The highest BCUT2D eigenvalue weighted by atomic mass is 16.5. The van der Waals surface area contributed by atoms with E-state index in [1.165, 1.54) is 14.2 Å². The molecule has 1 unspecified atom stereocenters. The van der Waals surface area contributed by atoms with Crippen molar-refractivity contribution in [2.75, 3.05) is 20.8 Å². The molecule has 0 saturated carbocycles. The molecule has 0 radical (unpaired) electrons. The van der Waals surface area contributed by atoms with Gasteiger partial charge in [0.15, 0.2) is 0 Å². The van der Waals surface area contributed by atoms with E-state index in [1.54, 1.807) is 13.0 Å². The third-order valence-corrected chi connectivity index (χ3v) is 2.36. The van der Waals surface area contributed by atoms with Gasteiger partial charge in [-0.15, -0.1) is 0 Å². The van der Waals surface area contributed by atoms with E-state index in [-0.39, 0.29) is 12.6 Å². The number of aliphatic hydroxyl groups is 1. The Hall–Kier alpha value is -1.62. The fraction of sp³-hybridized carbons (Fsp3) is 0.538. The average molecular weight is 255 g/mol. The molecule has 0 aliphatic heterocycles. The maximum Gasteiger partial charge on any atom is 0.312 e.